The van der Waals surface area contributed by atoms with E-state index in [1.165, 1.54) is 0 Å². The van der Waals surface area contributed by atoms with Crippen molar-refractivity contribution in [2.75, 3.05) is 38.2 Å². The van der Waals surface area contributed by atoms with Crippen LogP contribution in [0.5, 0.6) is 0 Å². The van der Waals surface area contributed by atoms with Crippen molar-refractivity contribution in [2.45, 2.75) is 123 Å². The molecule has 0 amide bonds. The topological polar surface area (TPSA) is 348 Å². The third kappa shape index (κ3) is 8.98. The van der Waals surface area contributed by atoms with Gasteiger partial charge in [0.15, 0.2) is 18.9 Å². The lowest BCUT2D eigenvalue weighted by atomic mass is 9.84. The van der Waals surface area contributed by atoms with Crippen LogP contribution in [-0.2, 0) is 33.2 Å². The van der Waals surface area contributed by atoms with Gasteiger partial charge in [-0.15, -0.1) is 0 Å². The van der Waals surface area contributed by atoms with Crippen LogP contribution in [0.3, 0.4) is 0 Å². The van der Waals surface area contributed by atoms with E-state index in [0.29, 0.717) is 6.54 Å². The normalized spacial score (nSPS) is 46.2. The summed E-state index contributed by atoms with van der Waals surface area (Å²) in [5, 5.41) is 76.3. The highest BCUT2D eigenvalue weighted by Crippen LogP contribution is 2.35. The maximum Gasteiger partial charge on any atom is 0.187 e. The Hall–Kier alpha value is -1.74. The molecule has 1 aromatic rings. The highest BCUT2D eigenvalue weighted by atomic mass is 16.8. The summed E-state index contributed by atoms with van der Waals surface area (Å²) < 4.78 is 42.4. The molecule has 0 aromatic heterocycles. The molecule has 4 aliphatic rings. The second-order valence-corrected chi connectivity index (χ2v) is 13.3. The van der Waals surface area contributed by atoms with E-state index in [9.17, 15) is 35.7 Å². The SMILES string of the molecule is NC[C@@H]1O[C@H](O[C@H]2[C@@H](OCCNc3ccccc3)[C@H](O[C@@H]3[C@@H](O)[C@H](N)C[C@H](N)[C@H]3O[C@H]3O[C@H](CO)[C@@H](O)[C@H](O)[C@H]3N)O[C@@H]2CO)[C@H](N)[C@@H](O)[C@@H]1O. The van der Waals surface area contributed by atoms with Crippen LogP contribution in [0.25, 0.3) is 0 Å². The van der Waals surface area contributed by atoms with Gasteiger partial charge in [-0.2, -0.15) is 0 Å². The number of benzene rings is 1. The number of anilines is 1. The second kappa shape index (κ2) is 18.1. The van der Waals surface area contributed by atoms with Gasteiger partial charge in [0.1, 0.15) is 67.1 Å². The average molecular weight is 735 g/mol. The van der Waals surface area contributed by atoms with E-state index in [0.717, 1.165) is 5.69 Å². The van der Waals surface area contributed by atoms with Gasteiger partial charge in [-0.1, -0.05) is 18.2 Å². The summed E-state index contributed by atoms with van der Waals surface area (Å²) >= 11 is 0. The summed E-state index contributed by atoms with van der Waals surface area (Å²) in [6.45, 7) is -1.03. The van der Waals surface area contributed by atoms with Gasteiger partial charge in [0, 0.05) is 30.9 Å². The van der Waals surface area contributed by atoms with Crippen LogP contribution in [-0.4, -0.2) is 185 Å². The molecule has 20 heteroatoms. The first kappa shape index (κ1) is 40.4. The van der Waals surface area contributed by atoms with Crippen LogP contribution in [0.15, 0.2) is 30.3 Å². The van der Waals surface area contributed by atoms with E-state index in [4.69, 9.17) is 61.8 Å². The maximum absolute atomic E-state index is 11.3. The number of para-hydroxylation sites is 1. The molecule has 0 radical (unpaired) electrons. The summed E-state index contributed by atoms with van der Waals surface area (Å²) in [5.41, 5.74) is 31.6. The van der Waals surface area contributed by atoms with Gasteiger partial charge in [-0.3, -0.25) is 0 Å². The van der Waals surface area contributed by atoms with Gasteiger partial charge in [-0.25, -0.2) is 0 Å². The van der Waals surface area contributed by atoms with Crippen LogP contribution < -0.4 is 34.0 Å². The van der Waals surface area contributed by atoms with Crippen LogP contribution >= 0.6 is 0 Å². The van der Waals surface area contributed by atoms with Crippen LogP contribution in [0, 0.1) is 0 Å². The molecule has 0 bridgehead atoms. The summed E-state index contributed by atoms with van der Waals surface area (Å²) in [6, 6.07) is 5.09. The molecule has 51 heavy (non-hydrogen) atoms. The molecule has 0 spiro atoms. The highest BCUT2D eigenvalue weighted by Gasteiger charge is 2.55. The number of hydrogen-bond donors (Lipinski definition) is 13. The molecule has 0 unspecified atom stereocenters. The number of hydrogen-bond acceptors (Lipinski definition) is 20. The first-order valence-corrected chi connectivity index (χ1v) is 17.1. The molecule has 1 aliphatic carbocycles. The van der Waals surface area contributed by atoms with Gasteiger partial charge in [0.05, 0.1) is 38.0 Å². The van der Waals surface area contributed by atoms with E-state index >= 15 is 0 Å². The largest absolute Gasteiger partial charge is 0.394 e. The first-order valence-electron chi connectivity index (χ1n) is 17.1. The highest BCUT2D eigenvalue weighted by molar-refractivity contribution is 5.42. The molecule has 18 N–H and O–H groups in total. The Kier molecular flexibility index (Phi) is 14.3. The zero-order valence-corrected chi connectivity index (χ0v) is 28.0. The third-order valence-electron chi connectivity index (χ3n) is 9.81. The Morgan fingerprint density at radius 1 is 0.627 bits per heavy atom. The van der Waals surface area contributed by atoms with E-state index < -0.39 is 129 Å². The molecule has 292 valence electrons. The minimum Gasteiger partial charge on any atom is -0.394 e. The molecule has 4 fully saturated rings. The predicted molar refractivity (Wildman–Crippen MR) is 175 cm³/mol. The van der Waals surface area contributed by atoms with Gasteiger partial charge in [-0.05, 0) is 18.6 Å². The first-order chi connectivity index (χ1) is 24.4. The Morgan fingerprint density at radius 3 is 1.78 bits per heavy atom. The lowest BCUT2D eigenvalue weighted by Gasteiger charge is -2.47. The van der Waals surface area contributed by atoms with Crippen LogP contribution in [0.1, 0.15) is 6.42 Å². The van der Waals surface area contributed by atoms with E-state index in [2.05, 4.69) is 5.32 Å². The molecule has 5 rings (SSSR count). The number of nitrogens with one attached hydrogen (secondary N) is 1. The van der Waals surface area contributed by atoms with E-state index in [-0.39, 0.29) is 19.6 Å². The van der Waals surface area contributed by atoms with Crippen molar-refractivity contribution >= 4 is 5.69 Å². The number of rotatable bonds is 14. The zero-order valence-electron chi connectivity index (χ0n) is 28.0. The Balaban J connectivity index is 1.38. The summed E-state index contributed by atoms with van der Waals surface area (Å²) in [6.07, 6.45) is -19.4. The molecule has 3 saturated heterocycles. The molecule has 19 atom stereocenters. The van der Waals surface area contributed by atoms with Crippen molar-refractivity contribution in [3.8, 4) is 0 Å². The molecule has 3 heterocycles. The fraction of sp³-hybridized carbons (Fsp3) is 0.806. The molecule has 3 aliphatic heterocycles. The molecular formula is C31H54N6O14. The molecule has 1 aromatic carbocycles. The van der Waals surface area contributed by atoms with Gasteiger partial charge < -0.3 is 103 Å². The van der Waals surface area contributed by atoms with Crippen LogP contribution in [0.4, 0.5) is 5.69 Å². The van der Waals surface area contributed by atoms with E-state index in [1.807, 2.05) is 30.3 Å². The lowest BCUT2D eigenvalue weighted by molar-refractivity contribution is -0.311. The fourth-order valence-corrected chi connectivity index (χ4v) is 6.80. The summed E-state index contributed by atoms with van der Waals surface area (Å²) in [7, 11) is 0. The van der Waals surface area contributed by atoms with Crippen molar-refractivity contribution < 1.29 is 68.9 Å². The third-order valence-corrected chi connectivity index (χ3v) is 9.81. The minimum atomic E-state index is -1.53. The Morgan fingerprint density at radius 2 is 1.18 bits per heavy atom. The second-order valence-electron chi connectivity index (χ2n) is 13.3. The monoisotopic (exact) mass is 734 g/mol. The van der Waals surface area contributed by atoms with Crippen molar-refractivity contribution in [2.24, 2.45) is 28.7 Å². The molecule has 20 nitrogen and oxygen atoms in total. The summed E-state index contributed by atoms with van der Waals surface area (Å²) in [5.74, 6) is 0. The van der Waals surface area contributed by atoms with Crippen LogP contribution in [0.2, 0.25) is 0 Å². The maximum atomic E-state index is 11.3. The van der Waals surface area contributed by atoms with Crippen molar-refractivity contribution in [1.29, 1.82) is 0 Å². The predicted octanol–water partition coefficient (Wildman–Crippen LogP) is -6.73. The van der Waals surface area contributed by atoms with E-state index in [1.54, 1.807) is 0 Å². The van der Waals surface area contributed by atoms with Gasteiger partial charge in [0.25, 0.3) is 0 Å². The molecular weight excluding hydrogens is 680 g/mol. The summed E-state index contributed by atoms with van der Waals surface area (Å²) in [4.78, 5) is 0. The van der Waals surface area contributed by atoms with Gasteiger partial charge >= 0.3 is 0 Å². The standard InChI is InChI=1S/C31H54N6O14/c32-9-15-21(41)23(43)18(35)29(46-15)50-26-17(11-39)48-31(28(26)45-7-6-37-12-4-2-1-3-5-12)51-27-20(40)13(33)8-14(34)25(27)49-30-19(36)24(44)22(42)16(10-38)47-30/h1-5,13-31,37-44H,6-11,32-36H2/t13-,14+,15+,16-,17-,18-,19-,20+,21-,22-,23-,24-,25-,26-,27-,28-,29-,30-,31+/m1/s1. The zero-order chi connectivity index (χ0) is 37.0. The molecule has 1 saturated carbocycles. The quantitative estimate of drug-likeness (QED) is 0.0790. The Labute approximate surface area is 294 Å². The van der Waals surface area contributed by atoms with Gasteiger partial charge in [0.2, 0.25) is 0 Å². The smallest absolute Gasteiger partial charge is 0.187 e. The minimum absolute atomic E-state index is 0.0604. The Bertz CT molecular complexity index is 1200. The average Bonchev–Trinajstić information content (AvgIpc) is 3.46. The van der Waals surface area contributed by atoms with Crippen molar-refractivity contribution in [1.82, 2.24) is 0 Å². The van der Waals surface area contributed by atoms with Crippen molar-refractivity contribution in [3.63, 3.8) is 0 Å². The number of nitrogens with two attached hydrogens (primary N) is 5. The lowest BCUT2D eigenvalue weighted by Crippen LogP contribution is -2.68. The fourth-order valence-electron chi connectivity index (χ4n) is 6.80. The number of aliphatic hydroxyl groups is 7. The van der Waals surface area contributed by atoms with Crippen molar-refractivity contribution in [3.05, 3.63) is 30.3 Å². The number of aliphatic hydroxyl groups excluding tert-OH is 7. The number of ether oxygens (including phenoxy) is 7.